The molecule has 21 heavy (non-hydrogen) atoms. The van der Waals surface area contributed by atoms with E-state index < -0.39 is 0 Å². The molecule has 0 unspecified atom stereocenters. The van der Waals surface area contributed by atoms with E-state index in [9.17, 15) is 0 Å². The smallest absolute Gasteiger partial charge is 0.120 e. The first kappa shape index (κ1) is 16.1. The van der Waals surface area contributed by atoms with Crippen molar-refractivity contribution in [1.29, 1.82) is 0 Å². The summed E-state index contributed by atoms with van der Waals surface area (Å²) in [5, 5.41) is 0. The monoisotopic (exact) mass is 347 g/mol. The maximum absolute atomic E-state index is 3.37. The van der Waals surface area contributed by atoms with Crippen molar-refractivity contribution in [2.24, 2.45) is 7.05 Å². The Labute approximate surface area is 151 Å². The van der Waals surface area contributed by atoms with E-state index in [0.717, 1.165) is 11.1 Å². The van der Waals surface area contributed by atoms with E-state index in [4.69, 9.17) is 0 Å². The molecule has 0 atom stereocenters. The van der Waals surface area contributed by atoms with Gasteiger partial charge in [0.25, 0.3) is 0 Å². The molecule has 1 nitrogen and oxygen atoms in total. The average Bonchev–Trinajstić information content (AvgIpc) is 2.49. The van der Waals surface area contributed by atoms with Crippen LogP contribution in [0.4, 0.5) is 0 Å². The summed E-state index contributed by atoms with van der Waals surface area (Å²) in [4.78, 5) is 0. The molecule has 0 N–H and O–H groups in total. The summed E-state index contributed by atoms with van der Waals surface area (Å²) >= 11 is 0. The molecule has 0 saturated carbocycles. The molecule has 0 fully saturated rings. The fourth-order valence-electron chi connectivity index (χ4n) is 2.47. The van der Waals surface area contributed by atoms with Crippen LogP contribution in [-0.2, 0) is 39.8 Å². The Bertz CT molecular complexity index is 736. The van der Waals surface area contributed by atoms with Gasteiger partial charge in [-0.1, -0.05) is 30.3 Å². The molecule has 2 aromatic carbocycles. The first-order valence-corrected chi connectivity index (χ1v) is 6.71. The van der Waals surface area contributed by atoms with Crippen LogP contribution >= 0.6 is 0 Å². The Balaban J connectivity index is 0.00000161. The van der Waals surface area contributed by atoms with Crippen LogP contribution in [0.15, 0.2) is 60.8 Å². The van der Waals surface area contributed by atoms with Crippen molar-refractivity contribution in [1.82, 2.24) is 0 Å². The van der Waals surface area contributed by atoms with Gasteiger partial charge < -0.3 is 0 Å². The van der Waals surface area contributed by atoms with Crippen LogP contribution in [0, 0.1) is 19.1 Å². The number of nitrogens with zero attached hydrogens (tertiary/aromatic N) is 1. The Morgan fingerprint density at radius 3 is 2.38 bits per heavy atom. The SMILES string of the molecule is Cc1ccccc1-c1c(-c2[c-]cccc2)[c-]cc[n+]1C.[Y]. The number of aryl methyl sites for hydroxylation is 2. The average molecular weight is 347 g/mol. The van der Waals surface area contributed by atoms with Crippen molar-refractivity contribution >= 4 is 0 Å². The van der Waals surface area contributed by atoms with Crippen LogP contribution in [0.5, 0.6) is 0 Å². The molecule has 3 rings (SSSR count). The van der Waals surface area contributed by atoms with Gasteiger partial charge in [0, 0.05) is 32.7 Å². The quantitative estimate of drug-likeness (QED) is 0.491. The van der Waals surface area contributed by atoms with Crippen LogP contribution < -0.4 is 4.57 Å². The molecule has 0 saturated heterocycles. The van der Waals surface area contributed by atoms with Gasteiger partial charge >= 0.3 is 0 Å². The molecule has 0 aliphatic heterocycles. The van der Waals surface area contributed by atoms with Gasteiger partial charge in [-0.3, -0.25) is 4.57 Å². The molecule has 2 heteroatoms. The van der Waals surface area contributed by atoms with Crippen LogP contribution in [0.3, 0.4) is 0 Å². The third-order valence-electron chi connectivity index (χ3n) is 3.49. The maximum atomic E-state index is 3.37. The fraction of sp³-hybridized carbons (Fsp3) is 0.105. The predicted octanol–water partition coefficient (Wildman–Crippen LogP) is 3.75. The first-order valence-electron chi connectivity index (χ1n) is 6.71. The molecule has 0 spiro atoms. The van der Waals surface area contributed by atoms with E-state index in [1.807, 2.05) is 30.5 Å². The molecular weight excluding hydrogens is 331 g/mol. The molecule has 3 aromatic rings. The normalized spacial score (nSPS) is 10.0. The van der Waals surface area contributed by atoms with E-state index in [2.05, 4.69) is 61.0 Å². The Morgan fingerprint density at radius 1 is 0.905 bits per heavy atom. The summed E-state index contributed by atoms with van der Waals surface area (Å²) in [6.45, 7) is 2.14. The number of hydrogen-bond acceptors (Lipinski definition) is 0. The number of hydrogen-bond donors (Lipinski definition) is 0. The van der Waals surface area contributed by atoms with Gasteiger partial charge in [-0.05, 0) is 18.1 Å². The zero-order valence-electron chi connectivity index (χ0n) is 12.3. The number of pyridine rings is 1. The number of rotatable bonds is 2. The van der Waals surface area contributed by atoms with Crippen molar-refractivity contribution in [3.05, 3.63) is 78.5 Å². The molecule has 0 aliphatic carbocycles. The van der Waals surface area contributed by atoms with Crippen LogP contribution in [0.1, 0.15) is 5.56 Å². The van der Waals surface area contributed by atoms with Crippen molar-refractivity contribution in [2.45, 2.75) is 6.92 Å². The zero-order valence-corrected chi connectivity index (χ0v) is 15.1. The topological polar surface area (TPSA) is 3.88 Å². The summed E-state index contributed by atoms with van der Waals surface area (Å²) in [7, 11) is 2.07. The van der Waals surface area contributed by atoms with E-state index >= 15 is 0 Å². The summed E-state index contributed by atoms with van der Waals surface area (Å²) < 4.78 is 2.15. The van der Waals surface area contributed by atoms with Gasteiger partial charge in [0.2, 0.25) is 0 Å². The third kappa shape index (κ3) is 3.31. The van der Waals surface area contributed by atoms with Crippen LogP contribution in [0.25, 0.3) is 22.4 Å². The van der Waals surface area contributed by atoms with Crippen molar-refractivity contribution < 1.29 is 37.3 Å². The van der Waals surface area contributed by atoms with Crippen molar-refractivity contribution in [3.8, 4) is 22.4 Å². The Morgan fingerprint density at radius 2 is 1.67 bits per heavy atom. The van der Waals surface area contributed by atoms with E-state index in [1.54, 1.807) is 0 Å². The number of benzene rings is 2. The summed E-state index contributed by atoms with van der Waals surface area (Å²) in [6, 6.07) is 25.1. The molecule has 0 amide bonds. The zero-order chi connectivity index (χ0) is 13.9. The minimum absolute atomic E-state index is 0. The van der Waals surface area contributed by atoms with Gasteiger partial charge in [-0.2, -0.15) is 35.9 Å². The van der Waals surface area contributed by atoms with Gasteiger partial charge in [0.05, 0.1) is 11.9 Å². The van der Waals surface area contributed by atoms with Crippen molar-refractivity contribution in [3.63, 3.8) is 0 Å². The molecule has 0 aliphatic rings. The fourth-order valence-corrected chi connectivity index (χ4v) is 2.47. The second-order valence-electron chi connectivity index (χ2n) is 4.89. The molecule has 0 bridgehead atoms. The molecule has 1 aromatic heterocycles. The van der Waals surface area contributed by atoms with Gasteiger partial charge in [-0.25, -0.2) is 5.56 Å². The van der Waals surface area contributed by atoms with Crippen molar-refractivity contribution in [2.75, 3.05) is 0 Å². The molecule has 1 heterocycles. The molecule has 1 radical (unpaired) electrons. The van der Waals surface area contributed by atoms with Crippen LogP contribution in [0.2, 0.25) is 0 Å². The summed E-state index contributed by atoms with van der Waals surface area (Å²) in [5.41, 5.74) is 5.83. The van der Waals surface area contributed by atoms with Crippen LogP contribution in [-0.4, -0.2) is 0 Å². The van der Waals surface area contributed by atoms with E-state index in [1.165, 1.54) is 16.8 Å². The first-order chi connectivity index (χ1) is 9.77. The summed E-state index contributed by atoms with van der Waals surface area (Å²) in [6.07, 6.45) is 2.04. The maximum Gasteiger partial charge on any atom is 0.120 e. The predicted molar refractivity (Wildman–Crippen MR) is 80.9 cm³/mol. The molecular formula is C19H16NY-. The third-order valence-corrected chi connectivity index (χ3v) is 3.49. The van der Waals surface area contributed by atoms with Gasteiger partial charge in [0.1, 0.15) is 7.05 Å². The minimum atomic E-state index is 0. The van der Waals surface area contributed by atoms with Gasteiger partial charge in [0.15, 0.2) is 0 Å². The standard InChI is InChI=1S/C19H16N.Y/c1-15-9-6-7-12-17(15)19-18(13-8-14-20(19)2)16-10-4-3-5-11-16;/h3-10,12,14H,1-2H3;/q-1;. The second kappa shape index (κ2) is 7.11. The summed E-state index contributed by atoms with van der Waals surface area (Å²) in [5.74, 6) is 0. The second-order valence-corrected chi connectivity index (χ2v) is 4.89. The Hall–Kier alpha value is -1.31. The minimum Gasteiger partial charge on any atom is -0.289 e. The number of aromatic nitrogens is 1. The van der Waals surface area contributed by atoms with E-state index in [-0.39, 0.29) is 32.7 Å². The van der Waals surface area contributed by atoms with Gasteiger partial charge in [-0.15, -0.1) is 6.07 Å². The molecule has 101 valence electrons. The van der Waals surface area contributed by atoms with E-state index in [0.29, 0.717) is 0 Å². The largest absolute Gasteiger partial charge is 0.289 e. The Kier molecular flexibility index (Phi) is 5.44.